The third kappa shape index (κ3) is 3.93. The molecule has 1 fully saturated rings. The highest BCUT2D eigenvalue weighted by Crippen LogP contribution is 2.27. The Hall–Kier alpha value is -1.10. The number of esters is 1. The van der Waals surface area contributed by atoms with Gasteiger partial charge >= 0.3 is 5.97 Å². The fraction of sp³-hybridized carbons (Fsp3) is 0.857. The Kier molecular flexibility index (Phi) is 4.30. The van der Waals surface area contributed by atoms with E-state index in [0.29, 0.717) is 13.0 Å². The van der Waals surface area contributed by atoms with Gasteiger partial charge in [-0.05, 0) is 27.2 Å². The molecule has 0 aromatic heterocycles. The average molecular weight is 271 g/mol. The van der Waals surface area contributed by atoms with Crippen LogP contribution in [0.5, 0.6) is 0 Å². The Morgan fingerprint density at radius 1 is 1.16 bits per heavy atom. The normalized spacial score (nSPS) is 24.5. The van der Waals surface area contributed by atoms with Gasteiger partial charge in [-0.25, -0.2) is 4.79 Å². The van der Waals surface area contributed by atoms with Gasteiger partial charge in [0.1, 0.15) is 5.60 Å². The van der Waals surface area contributed by atoms with Crippen LogP contribution in [0.4, 0.5) is 0 Å². The van der Waals surface area contributed by atoms with E-state index in [-0.39, 0.29) is 5.91 Å². The van der Waals surface area contributed by atoms with E-state index in [2.05, 4.69) is 0 Å². The summed E-state index contributed by atoms with van der Waals surface area (Å²) in [7, 11) is 0. The minimum absolute atomic E-state index is 0.139. The number of ether oxygens (including phenoxy) is 1. The number of hydrogen-bond acceptors (Lipinski definition) is 4. The molecule has 5 heteroatoms. The molecule has 110 valence electrons. The summed E-state index contributed by atoms with van der Waals surface area (Å²) >= 11 is 0. The van der Waals surface area contributed by atoms with E-state index in [1.807, 2.05) is 0 Å². The Morgan fingerprint density at radius 2 is 1.68 bits per heavy atom. The molecule has 1 heterocycles. The van der Waals surface area contributed by atoms with Crippen LogP contribution >= 0.6 is 0 Å². The van der Waals surface area contributed by atoms with E-state index < -0.39 is 29.1 Å². The van der Waals surface area contributed by atoms with Gasteiger partial charge in [0.2, 0.25) is 5.91 Å². The lowest BCUT2D eigenvalue weighted by molar-refractivity contribution is -0.167. The lowest BCUT2D eigenvalue weighted by Crippen LogP contribution is -2.50. The van der Waals surface area contributed by atoms with Crippen molar-refractivity contribution in [3.63, 3.8) is 0 Å². The minimum Gasteiger partial charge on any atom is -0.458 e. The van der Waals surface area contributed by atoms with Crippen molar-refractivity contribution in [3.8, 4) is 0 Å². The molecule has 1 N–H and O–H groups in total. The average Bonchev–Trinajstić information content (AvgIpc) is 2.54. The second-order valence-electron chi connectivity index (χ2n) is 7.08. The molecule has 0 aliphatic carbocycles. The van der Waals surface area contributed by atoms with Gasteiger partial charge in [-0.15, -0.1) is 0 Å². The summed E-state index contributed by atoms with van der Waals surface area (Å²) in [6.07, 6.45) is -0.438. The second-order valence-corrected chi connectivity index (χ2v) is 7.08. The molecule has 0 unspecified atom stereocenters. The molecular formula is C14H25NO4. The maximum absolute atomic E-state index is 12.3. The Balaban J connectivity index is 2.90. The van der Waals surface area contributed by atoms with Crippen LogP contribution in [-0.2, 0) is 14.3 Å². The highest BCUT2D eigenvalue weighted by molar-refractivity contribution is 5.88. The molecule has 1 rings (SSSR count). The largest absolute Gasteiger partial charge is 0.458 e. The Labute approximate surface area is 114 Å². The maximum Gasteiger partial charge on any atom is 0.332 e. The fourth-order valence-corrected chi connectivity index (χ4v) is 2.08. The third-order valence-corrected chi connectivity index (χ3v) is 2.92. The first-order chi connectivity index (χ1) is 8.43. The number of carbonyl (C=O) groups is 2. The van der Waals surface area contributed by atoms with Crippen molar-refractivity contribution in [2.24, 2.45) is 5.41 Å². The predicted octanol–water partition coefficient (Wildman–Crippen LogP) is 1.34. The summed E-state index contributed by atoms with van der Waals surface area (Å²) in [5.74, 6) is -0.671. The smallest absolute Gasteiger partial charge is 0.332 e. The number of likely N-dealkylation sites (tertiary alicyclic amines) is 1. The number of aliphatic hydroxyl groups is 1. The summed E-state index contributed by atoms with van der Waals surface area (Å²) in [4.78, 5) is 25.9. The van der Waals surface area contributed by atoms with Crippen LogP contribution in [0.25, 0.3) is 0 Å². The van der Waals surface area contributed by atoms with E-state index in [9.17, 15) is 14.7 Å². The summed E-state index contributed by atoms with van der Waals surface area (Å²) in [5, 5.41) is 9.95. The summed E-state index contributed by atoms with van der Waals surface area (Å²) in [6, 6.07) is -0.883. The molecule has 0 aromatic rings. The van der Waals surface area contributed by atoms with Gasteiger partial charge in [0.25, 0.3) is 0 Å². The molecular weight excluding hydrogens is 246 g/mol. The van der Waals surface area contributed by atoms with E-state index in [1.54, 1.807) is 41.5 Å². The number of amides is 1. The van der Waals surface area contributed by atoms with Crippen LogP contribution in [-0.4, -0.2) is 46.2 Å². The first-order valence-corrected chi connectivity index (χ1v) is 6.65. The van der Waals surface area contributed by atoms with Crippen LogP contribution in [0, 0.1) is 5.41 Å². The van der Waals surface area contributed by atoms with Crippen molar-refractivity contribution in [1.29, 1.82) is 0 Å². The second kappa shape index (κ2) is 5.12. The number of hydrogen-bond donors (Lipinski definition) is 1. The first kappa shape index (κ1) is 16.0. The molecule has 0 aromatic carbocycles. The van der Waals surface area contributed by atoms with Gasteiger partial charge in [0.05, 0.1) is 6.10 Å². The number of nitrogens with zero attached hydrogens (tertiary/aromatic N) is 1. The van der Waals surface area contributed by atoms with Gasteiger partial charge in [0.15, 0.2) is 6.04 Å². The van der Waals surface area contributed by atoms with Crippen molar-refractivity contribution < 1.29 is 19.4 Å². The van der Waals surface area contributed by atoms with Crippen molar-refractivity contribution >= 4 is 11.9 Å². The molecule has 1 aliphatic heterocycles. The molecule has 1 aliphatic rings. The first-order valence-electron chi connectivity index (χ1n) is 6.65. The Bertz CT molecular complexity index is 365. The standard InChI is InChI=1S/C14H25NO4/c1-13(2,3)12(18)15-8-7-9(16)10(15)11(17)19-14(4,5)6/h9-10,16H,7-8H2,1-6H3/t9-,10-/m0/s1. The zero-order valence-electron chi connectivity index (χ0n) is 12.7. The topological polar surface area (TPSA) is 66.8 Å². The molecule has 19 heavy (non-hydrogen) atoms. The zero-order valence-corrected chi connectivity index (χ0v) is 12.7. The number of aliphatic hydroxyl groups excluding tert-OH is 1. The van der Waals surface area contributed by atoms with Gasteiger partial charge in [-0.1, -0.05) is 20.8 Å². The van der Waals surface area contributed by atoms with Gasteiger partial charge in [0, 0.05) is 12.0 Å². The number of carbonyl (C=O) groups excluding carboxylic acids is 2. The lowest BCUT2D eigenvalue weighted by Gasteiger charge is -2.32. The molecule has 0 bridgehead atoms. The zero-order chi connectivity index (χ0) is 15.0. The SMILES string of the molecule is CC(C)(C)OC(=O)[C@@H]1[C@@H](O)CCN1C(=O)C(C)(C)C. The lowest BCUT2D eigenvalue weighted by atomic mass is 9.94. The van der Waals surface area contributed by atoms with Gasteiger partial charge in [-0.3, -0.25) is 4.79 Å². The summed E-state index contributed by atoms with van der Waals surface area (Å²) in [5.41, 5.74) is -1.21. The minimum atomic E-state index is -0.883. The third-order valence-electron chi connectivity index (χ3n) is 2.92. The molecule has 1 amide bonds. The summed E-state index contributed by atoms with van der Waals surface area (Å²) in [6.45, 7) is 11.1. The molecule has 2 atom stereocenters. The highest BCUT2D eigenvalue weighted by Gasteiger charge is 2.45. The monoisotopic (exact) mass is 271 g/mol. The molecule has 0 spiro atoms. The van der Waals surface area contributed by atoms with Crippen molar-refractivity contribution in [3.05, 3.63) is 0 Å². The molecule has 1 saturated heterocycles. The predicted molar refractivity (Wildman–Crippen MR) is 71.4 cm³/mol. The van der Waals surface area contributed by atoms with E-state index in [4.69, 9.17) is 4.74 Å². The van der Waals surface area contributed by atoms with E-state index >= 15 is 0 Å². The van der Waals surface area contributed by atoms with Crippen LogP contribution in [0.15, 0.2) is 0 Å². The Morgan fingerprint density at radius 3 is 2.11 bits per heavy atom. The van der Waals surface area contributed by atoms with E-state index in [1.165, 1.54) is 4.90 Å². The van der Waals surface area contributed by atoms with Crippen LogP contribution in [0.2, 0.25) is 0 Å². The van der Waals surface area contributed by atoms with Crippen molar-refractivity contribution in [1.82, 2.24) is 4.90 Å². The van der Waals surface area contributed by atoms with E-state index in [0.717, 1.165) is 0 Å². The van der Waals surface area contributed by atoms with Crippen LogP contribution in [0.3, 0.4) is 0 Å². The highest BCUT2D eigenvalue weighted by atomic mass is 16.6. The van der Waals surface area contributed by atoms with Gasteiger partial charge in [-0.2, -0.15) is 0 Å². The van der Waals surface area contributed by atoms with Crippen molar-refractivity contribution in [2.45, 2.75) is 65.7 Å². The quantitative estimate of drug-likeness (QED) is 0.731. The van der Waals surface area contributed by atoms with Crippen LogP contribution in [0.1, 0.15) is 48.0 Å². The number of rotatable bonds is 1. The molecule has 5 nitrogen and oxygen atoms in total. The van der Waals surface area contributed by atoms with Gasteiger partial charge < -0.3 is 14.7 Å². The molecule has 0 saturated carbocycles. The molecule has 0 radical (unpaired) electrons. The fourth-order valence-electron chi connectivity index (χ4n) is 2.08. The van der Waals surface area contributed by atoms with Crippen molar-refractivity contribution in [2.75, 3.05) is 6.54 Å². The summed E-state index contributed by atoms with van der Waals surface area (Å²) < 4.78 is 5.29. The maximum atomic E-state index is 12.3. The van der Waals surface area contributed by atoms with Crippen LogP contribution < -0.4 is 0 Å².